The Kier molecular flexibility index (Phi) is 4.30. The molecule has 0 aliphatic carbocycles. The standard InChI is InChI=1S/C5H11NO2S/c1-6(5-7)3-4-9(2)8/h5H,3-4H2,1-2H3. The fraction of sp³-hybridized carbons (Fsp3) is 0.800. The quantitative estimate of drug-likeness (QED) is 0.503. The largest absolute Gasteiger partial charge is 0.347 e. The number of hydrogen-bond donors (Lipinski definition) is 0. The van der Waals surface area contributed by atoms with Crippen molar-refractivity contribution in [2.75, 3.05) is 25.6 Å². The molecule has 1 unspecified atom stereocenters. The number of amides is 1. The number of carbonyl (C=O) groups excluding carboxylic acids is 1. The third-order valence-electron chi connectivity index (χ3n) is 0.911. The molecule has 0 saturated heterocycles. The molecule has 0 N–H and O–H groups in total. The predicted molar refractivity (Wildman–Crippen MR) is 37.6 cm³/mol. The summed E-state index contributed by atoms with van der Waals surface area (Å²) in [5.74, 6) is 0.565. The minimum Gasteiger partial charge on any atom is -0.347 e. The normalized spacial score (nSPS) is 12.7. The van der Waals surface area contributed by atoms with Crippen LogP contribution in [0.3, 0.4) is 0 Å². The summed E-state index contributed by atoms with van der Waals surface area (Å²) < 4.78 is 10.4. The van der Waals surface area contributed by atoms with Crippen molar-refractivity contribution in [2.24, 2.45) is 0 Å². The van der Waals surface area contributed by atoms with Crippen LogP contribution in [0.5, 0.6) is 0 Å². The molecule has 0 bridgehead atoms. The van der Waals surface area contributed by atoms with E-state index in [4.69, 9.17) is 0 Å². The Morgan fingerprint density at radius 1 is 1.67 bits per heavy atom. The lowest BCUT2D eigenvalue weighted by Crippen LogP contribution is -2.21. The first-order chi connectivity index (χ1) is 4.16. The lowest BCUT2D eigenvalue weighted by molar-refractivity contribution is -0.116. The third-order valence-corrected chi connectivity index (χ3v) is 1.67. The molecule has 54 valence electrons. The Morgan fingerprint density at radius 3 is 2.56 bits per heavy atom. The Balaban J connectivity index is 3.26. The molecule has 0 fully saturated rings. The predicted octanol–water partition coefficient (Wildman–Crippen LogP) is -0.547. The highest BCUT2D eigenvalue weighted by molar-refractivity contribution is 7.84. The van der Waals surface area contributed by atoms with Gasteiger partial charge in [0.25, 0.3) is 0 Å². The second-order valence-corrected chi connectivity index (χ2v) is 3.42. The van der Waals surface area contributed by atoms with Crippen LogP contribution in [0, 0.1) is 0 Å². The number of hydrogen-bond acceptors (Lipinski definition) is 2. The fourth-order valence-corrected chi connectivity index (χ4v) is 0.870. The summed E-state index contributed by atoms with van der Waals surface area (Å²) in [5, 5.41) is 0. The molecule has 0 aromatic carbocycles. The van der Waals surface area contributed by atoms with Gasteiger partial charge in [0.1, 0.15) is 0 Å². The molecule has 1 atom stereocenters. The average molecular weight is 149 g/mol. The highest BCUT2D eigenvalue weighted by atomic mass is 32.2. The van der Waals surface area contributed by atoms with Gasteiger partial charge in [-0.2, -0.15) is 0 Å². The molecule has 0 radical (unpaired) electrons. The van der Waals surface area contributed by atoms with E-state index in [1.807, 2.05) is 0 Å². The molecule has 0 spiro atoms. The molecular formula is C5H11NO2S. The van der Waals surface area contributed by atoms with E-state index >= 15 is 0 Å². The van der Waals surface area contributed by atoms with Gasteiger partial charge in [0, 0.05) is 36.4 Å². The first-order valence-corrected chi connectivity index (χ1v) is 4.35. The van der Waals surface area contributed by atoms with Crippen LogP contribution in [-0.4, -0.2) is 41.1 Å². The smallest absolute Gasteiger partial charge is 0.209 e. The van der Waals surface area contributed by atoms with Gasteiger partial charge in [-0.25, -0.2) is 0 Å². The Labute approximate surface area is 57.5 Å². The second kappa shape index (κ2) is 4.49. The van der Waals surface area contributed by atoms with E-state index in [1.54, 1.807) is 13.3 Å². The van der Waals surface area contributed by atoms with Gasteiger partial charge in [0.15, 0.2) is 0 Å². The third kappa shape index (κ3) is 5.49. The summed E-state index contributed by atoms with van der Waals surface area (Å²) in [6, 6.07) is 0. The zero-order chi connectivity index (χ0) is 7.28. The summed E-state index contributed by atoms with van der Waals surface area (Å²) in [6.07, 6.45) is 2.35. The van der Waals surface area contributed by atoms with Crippen LogP contribution < -0.4 is 0 Å². The van der Waals surface area contributed by atoms with Gasteiger partial charge in [0.2, 0.25) is 6.41 Å². The van der Waals surface area contributed by atoms with Crippen molar-refractivity contribution in [3.05, 3.63) is 0 Å². The molecular weight excluding hydrogens is 138 g/mol. The van der Waals surface area contributed by atoms with E-state index < -0.39 is 10.8 Å². The monoisotopic (exact) mass is 149 g/mol. The fourth-order valence-electron chi connectivity index (χ4n) is 0.325. The Hall–Kier alpha value is -0.380. The molecule has 0 aromatic heterocycles. The maximum absolute atomic E-state index is 10.4. The molecule has 0 aliphatic rings. The summed E-state index contributed by atoms with van der Waals surface area (Å²) >= 11 is 0. The van der Waals surface area contributed by atoms with Gasteiger partial charge in [0.05, 0.1) is 0 Å². The van der Waals surface area contributed by atoms with Crippen molar-refractivity contribution in [3.63, 3.8) is 0 Å². The molecule has 0 rings (SSSR count). The van der Waals surface area contributed by atoms with E-state index in [-0.39, 0.29) is 0 Å². The minimum absolute atomic E-state index is 0.565. The van der Waals surface area contributed by atoms with Crippen LogP contribution in [-0.2, 0) is 15.6 Å². The summed E-state index contributed by atoms with van der Waals surface area (Å²) in [4.78, 5) is 11.4. The van der Waals surface area contributed by atoms with E-state index in [2.05, 4.69) is 0 Å². The molecule has 0 aliphatic heterocycles. The Morgan fingerprint density at radius 2 is 2.22 bits per heavy atom. The molecule has 1 amide bonds. The minimum atomic E-state index is -0.788. The lowest BCUT2D eigenvalue weighted by atomic mass is 10.7. The number of rotatable bonds is 4. The van der Waals surface area contributed by atoms with Gasteiger partial charge in [-0.3, -0.25) is 9.00 Å². The summed E-state index contributed by atoms with van der Waals surface area (Å²) in [7, 11) is 0.878. The highest BCUT2D eigenvalue weighted by Gasteiger charge is 1.93. The topological polar surface area (TPSA) is 37.4 Å². The van der Waals surface area contributed by atoms with E-state index in [9.17, 15) is 9.00 Å². The molecule has 0 saturated carbocycles. The van der Waals surface area contributed by atoms with Gasteiger partial charge in [-0.15, -0.1) is 0 Å². The first kappa shape index (κ1) is 8.62. The summed E-state index contributed by atoms with van der Waals surface area (Å²) in [5.41, 5.74) is 0. The molecule has 0 heterocycles. The van der Waals surface area contributed by atoms with E-state index in [0.717, 1.165) is 6.41 Å². The van der Waals surface area contributed by atoms with Crippen molar-refractivity contribution < 1.29 is 9.00 Å². The van der Waals surface area contributed by atoms with E-state index in [0.29, 0.717) is 12.3 Å². The number of carbonyl (C=O) groups is 1. The van der Waals surface area contributed by atoms with Crippen LogP contribution in [0.25, 0.3) is 0 Å². The zero-order valence-electron chi connectivity index (χ0n) is 5.66. The first-order valence-electron chi connectivity index (χ1n) is 2.62. The molecule has 9 heavy (non-hydrogen) atoms. The van der Waals surface area contributed by atoms with Gasteiger partial charge < -0.3 is 4.90 Å². The highest BCUT2D eigenvalue weighted by Crippen LogP contribution is 1.78. The van der Waals surface area contributed by atoms with Crippen molar-refractivity contribution >= 4 is 17.2 Å². The van der Waals surface area contributed by atoms with Crippen LogP contribution in [0.4, 0.5) is 0 Å². The van der Waals surface area contributed by atoms with Crippen LogP contribution >= 0.6 is 0 Å². The summed E-state index contributed by atoms with van der Waals surface area (Å²) in [6.45, 7) is 0.576. The van der Waals surface area contributed by atoms with Crippen molar-refractivity contribution in [1.29, 1.82) is 0 Å². The zero-order valence-corrected chi connectivity index (χ0v) is 6.48. The molecule has 4 heteroatoms. The maximum atomic E-state index is 10.4. The van der Waals surface area contributed by atoms with E-state index in [1.165, 1.54) is 4.90 Å². The number of nitrogens with zero attached hydrogens (tertiary/aromatic N) is 1. The molecule has 0 aromatic rings. The molecule has 3 nitrogen and oxygen atoms in total. The van der Waals surface area contributed by atoms with Crippen LogP contribution in [0.2, 0.25) is 0 Å². The van der Waals surface area contributed by atoms with Crippen molar-refractivity contribution in [2.45, 2.75) is 0 Å². The lowest BCUT2D eigenvalue weighted by Gasteiger charge is -2.07. The van der Waals surface area contributed by atoms with Gasteiger partial charge >= 0.3 is 0 Å². The van der Waals surface area contributed by atoms with Crippen LogP contribution in [0.15, 0.2) is 0 Å². The maximum Gasteiger partial charge on any atom is 0.209 e. The van der Waals surface area contributed by atoms with Crippen LogP contribution in [0.1, 0.15) is 0 Å². The van der Waals surface area contributed by atoms with Crippen molar-refractivity contribution in [3.8, 4) is 0 Å². The second-order valence-electron chi connectivity index (χ2n) is 1.86. The Bertz CT molecular complexity index is 116. The SMILES string of the molecule is CN(C=O)CCS(C)=O. The van der Waals surface area contributed by atoms with Gasteiger partial charge in [-0.1, -0.05) is 0 Å². The van der Waals surface area contributed by atoms with Gasteiger partial charge in [-0.05, 0) is 0 Å². The average Bonchev–Trinajstić information content (AvgIpc) is 1.83. The van der Waals surface area contributed by atoms with Crippen molar-refractivity contribution in [1.82, 2.24) is 4.90 Å².